The van der Waals surface area contributed by atoms with Crippen molar-refractivity contribution in [3.05, 3.63) is 93.1 Å². The van der Waals surface area contributed by atoms with Gasteiger partial charge in [-0.25, -0.2) is 4.39 Å². The van der Waals surface area contributed by atoms with Crippen LogP contribution in [0.2, 0.25) is 0 Å². The summed E-state index contributed by atoms with van der Waals surface area (Å²) in [6.07, 6.45) is 1.57. The zero-order valence-electron chi connectivity index (χ0n) is 19.3. The van der Waals surface area contributed by atoms with Gasteiger partial charge in [0.15, 0.2) is 11.0 Å². The van der Waals surface area contributed by atoms with Gasteiger partial charge in [-0.1, -0.05) is 49.5 Å². The Hall–Kier alpha value is -4.18. The zero-order chi connectivity index (χ0) is 25.4. The van der Waals surface area contributed by atoms with Crippen LogP contribution in [0, 0.1) is 5.82 Å². The number of hydrogen-bond donors (Lipinski definition) is 0. The van der Waals surface area contributed by atoms with Crippen molar-refractivity contribution >= 4 is 44.9 Å². The number of fused-ring (bicyclic) bond motifs is 5. The highest BCUT2D eigenvalue weighted by atomic mass is 32.1. The third-order valence-corrected chi connectivity index (χ3v) is 7.72. The Morgan fingerprint density at radius 3 is 2.67 bits per heavy atom. The standard InChI is InChI=1S/C26H19FN4O4S/c1-4-11-30-17-8-6-5-7-16(17)26(24(30)34)19-20(32)15-12-14(27)9-10-18(15)35-21(19)23(33)31(26)25-29-28-22(36-25)13(2)3/h4-10,12-13H,1,11H2,2-3H3. The van der Waals surface area contributed by atoms with Crippen LogP contribution in [-0.4, -0.2) is 28.6 Å². The summed E-state index contributed by atoms with van der Waals surface area (Å²) in [5, 5.41) is 9.22. The number of aromatic nitrogens is 2. The molecule has 4 aromatic rings. The molecule has 1 unspecified atom stereocenters. The van der Waals surface area contributed by atoms with Crippen LogP contribution in [0.15, 0.2) is 64.3 Å². The van der Waals surface area contributed by atoms with Crippen molar-refractivity contribution in [2.45, 2.75) is 25.3 Å². The second kappa shape index (κ2) is 7.66. The van der Waals surface area contributed by atoms with Crippen molar-refractivity contribution in [2.24, 2.45) is 0 Å². The normalized spacial score (nSPS) is 18.6. The second-order valence-corrected chi connectivity index (χ2v) is 9.91. The highest BCUT2D eigenvalue weighted by Gasteiger charge is 2.66. The van der Waals surface area contributed by atoms with E-state index in [-0.39, 0.29) is 39.9 Å². The van der Waals surface area contributed by atoms with E-state index in [1.807, 2.05) is 13.8 Å². The van der Waals surface area contributed by atoms with Crippen molar-refractivity contribution in [1.29, 1.82) is 0 Å². The van der Waals surface area contributed by atoms with E-state index in [1.165, 1.54) is 27.2 Å². The van der Waals surface area contributed by atoms with Crippen molar-refractivity contribution in [1.82, 2.24) is 10.2 Å². The number of hydrogen-bond acceptors (Lipinski definition) is 7. The molecule has 36 heavy (non-hydrogen) atoms. The number of carbonyl (C=O) groups excluding carboxylic acids is 2. The molecule has 0 aliphatic carbocycles. The summed E-state index contributed by atoms with van der Waals surface area (Å²) in [5.41, 5.74) is -1.70. The van der Waals surface area contributed by atoms with Crippen LogP contribution >= 0.6 is 11.3 Å². The van der Waals surface area contributed by atoms with E-state index in [9.17, 15) is 18.8 Å². The Morgan fingerprint density at radius 1 is 1.17 bits per heavy atom. The molecular weight excluding hydrogens is 483 g/mol. The first-order valence-electron chi connectivity index (χ1n) is 11.3. The van der Waals surface area contributed by atoms with Gasteiger partial charge in [-0.05, 0) is 24.3 Å². The quantitative estimate of drug-likeness (QED) is 0.385. The van der Waals surface area contributed by atoms with Gasteiger partial charge in [-0.3, -0.25) is 19.3 Å². The summed E-state index contributed by atoms with van der Waals surface area (Å²) in [5.74, 6) is -2.10. The van der Waals surface area contributed by atoms with E-state index in [0.717, 1.165) is 12.1 Å². The lowest BCUT2D eigenvalue weighted by Crippen LogP contribution is -2.53. The molecular formula is C26H19FN4O4S. The minimum atomic E-state index is -1.89. The third-order valence-electron chi connectivity index (χ3n) is 6.51. The molecule has 0 radical (unpaired) electrons. The van der Waals surface area contributed by atoms with Crippen molar-refractivity contribution in [2.75, 3.05) is 16.3 Å². The lowest BCUT2D eigenvalue weighted by molar-refractivity contribution is -0.121. The molecule has 2 amide bonds. The third kappa shape index (κ3) is 2.70. The van der Waals surface area contributed by atoms with Crippen LogP contribution in [-0.2, 0) is 10.3 Å². The number of halogens is 1. The van der Waals surface area contributed by atoms with E-state index in [0.29, 0.717) is 16.3 Å². The number of benzene rings is 2. The highest BCUT2D eigenvalue weighted by molar-refractivity contribution is 7.15. The predicted octanol–water partition coefficient (Wildman–Crippen LogP) is 4.34. The molecule has 0 N–H and O–H groups in total. The first-order valence-corrected chi connectivity index (χ1v) is 12.1. The van der Waals surface area contributed by atoms with Gasteiger partial charge in [-0.15, -0.1) is 16.8 Å². The Morgan fingerprint density at radius 2 is 1.94 bits per heavy atom. The lowest BCUT2D eigenvalue weighted by atomic mass is 9.84. The molecule has 0 saturated carbocycles. The molecule has 1 atom stereocenters. The number of anilines is 2. The van der Waals surface area contributed by atoms with Crippen LogP contribution in [0.3, 0.4) is 0 Å². The van der Waals surface area contributed by atoms with Gasteiger partial charge in [0.25, 0.3) is 11.8 Å². The van der Waals surface area contributed by atoms with Crippen LogP contribution in [0.25, 0.3) is 11.0 Å². The van der Waals surface area contributed by atoms with Gasteiger partial charge < -0.3 is 9.32 Å². The summed E-state index contributed by atoms with van der Waals surface area (Å²) < 4.78 is 20.1. The Balaban J connectivity index is 1.76. The molecule has 2 aliphatic rings. The lowest BCUT2D eigenvalue weighted by Gasteiger charge is -2.31. The Bertz CT molecular complexity index is 1680. The maximum Gasteiger partial charge on any atom is 0.297 e. The summed E-state index contributed by atoms with van der Waals surface area (Å²) in [7, 11) is 0. The maximum absolute atomic E-state index is 14.4. The predicted molar refractivity (Wildman–Crippen MR) is 133 cm³/mol. The van der Waals surface area contributed by atoms with Gasteiger partial charge in [-0.2, -0.15) is 0 Å². The van der Waals surface area contributed by atoms with E-state index >= 15 is 0 Å². The maximum atomic E-state index is 14.4. The molecule has 2 aromatic heterocycles. The minimum absolute atomic E-state index is 0.0291. The monoisotopic (exact) mass is 502 g/mol. The first kappa shape index (κ1) is 22.3. The van der Waals surface area contributed by atoms with Gasteiger partial charge in [0, 0.05) is 18.0 Å². The van der Waals surface area contributed by atoms with Crippen LogP contribution < -0.4 is 15.2 Å². The summed E-state index contributed by atoms with van der Waals surface area (Å²) >= 11 is 1.17. The van der Waals surface area contributed by atoms with Crippen molar-refractivity contribution < 1.29 is 18.4 Å². The van der Waals surface area contributed by atoms with Gasteiger partial charge in [0.1, 0.15) is 16.4 Å². The van der Waals surface area contributed by atoms with Crippen LogP contribution in [0.1, 0.15) is 46.5 Å². The average Bonchev–Trinajstić information content (AvgIpc) is 3.51. The molecule has 2 aromatic carbocycles. The SMILES string of the molecule is C=CCN1C(=O)C2(c3ccccc31)c1c(oc3ccc(F)cc3c1=O)C(=O)N2c1nnc(C(C)C)s1. The molecule has 180 valence electrons. The van der Waals surface area contributed by atoms with Gasteiger partial charge in [0.2, 0.25) is 10.9 Å². The van der Waals surface area contributed by atoms with Crippen LogP contribution in [0.5, 0.6) is 0 Å². The molecule has 0 bridgehead atoms. The zero-order valence-corrected chi connectivity index (χ0v) is 20.1. The summed E-state index contributed by atoms with van der Waals surface area (Å²) in [6, 6.07) is 10.4. The molecule has 0 fully saturated rings. The number of rotatable bonds is 4. The van der Waals surface area contributed by atoms with E-state index in [2.05, 4.69) is 16.8 Å². The van der Waals surface area contributed by atoms with E-state index in [1.54, 1.807) is 30.3 Å². The van der Waals surface area contributed by atoms with Crippen molar-refractivity contribution in [3.63, 3.8) is 0 Å². The molecule has 2 aliphatic heterocycles. The molecule has 10 heteroatoms. The fourth-order valence-corrected chi connectivity index (χ4v) is 5.89. The highest BCUT2D eigenvalue weighted by Crippen LogP contribution is 2.54. The number of amides is 2. The minimum Gasteiger partial charge on any atom is -0.450 e. The largest absolute Gasteiger partial charge is 0.450 e. The molecule has 8 nitrogen and oxygen atoms in total. The number of carbonyl (C=O) groups is 2. The fraction of sp³-hybridized carbons (Fsp3) is 0.192. The Kier molecular flexibility index (Phi) is 4.74. The average molecular weight is 503 g/mol. The van der Waals surface area contributed by atoms with Gasteiger partial charge >= 0.3 is 0 Å². The van der Waals surface area contributed by atoms with Gasteiger partial charge in [0.05, 0.1) is 16.6 Å². The molecule has 6 rings (SSSR count). The number of para-hydroxylation sites is 1. The smallest absolute Gasteiger partial charge is 0.297 e. The van der Waals surface area contributed by atoms with Crippen molar-refractivity contribution in [3.8, 4) is 0 Å². The fourth-order valence-electron chi connectivity index (χ4n) is 5.00. The topological polar surface area (TPSA) is 96.6 Å². The second-order valence-electron chi connectivity index (χ2n) is 8.93. The number of nitrogens with zero attached hydrogens (tertiary/aromatic N) is 4. The first-order chi connectivity index (χ1) is 17.3. The van der Waals surface area contributed by atoms with E-state index < -0.39 is 28.6 Å². The summed E-state index contributed by atoms with van der Waals surface area (Å²) in [6.45, 7) is 7.78. The molecule has 1 spiro atoms. The molecule has 0 saturated heterocycles. The van der Waals surface area contributed by atoms with E-state index in [4.69, 9.17) is 4.42 Å². The Labute approximate surface area is 208 Å². The summed E-state index contributed by atoms with van der Waals surface area (Å²) in [4.78, 5) is 45.0. The van der Waals surface area contributed by atoms with Crippen LogP contribution in [0.4, 0.5) is 15.2 Å². The molecule has 4 heterocycles.